The van der Waals surface area contributed by atoms with E-state index < -0.39 is 0 Å². The molecule has 1 fully saturated rings. The Morgan fingerprint density at radius 1 is 1.05 bits per heavy atom. The molecular formula is C16H15BrClNO. The normalized spacial score (nSPS) is 22.7. The van der Waals surface area contributed by atoms with Crippen LogP contribution in [-0.2, 0) is 4.74 Å². The third kappa shape index (κ3) is 3.07. The van der Waals surface area contributed by atoms with Crippen molar-refractivity contribution >= 4 is 27.5 Å². The Morgan fingerprint density at radius 3 is 2.55 bits per heavy atom. The summed E-state index contributed by atoms with van der Waals surface area (Å²) < 4.78 is 7.20. The van der Waals surface area contributed by atoms with Crippen LogP contribution in [0.25, 0.3) is 0 Å². The first-order valence-corrected chi connectivity index (χ1v) is 7.77. The molecule has 0 amide bonds. The molecule has 0 saturated carbocycles. The van der Waals surface area contributed by atoms with Crippen LogP contribution in [0.1, 0.15) is 23.3 Å². The standard InChI is InChI=1S/C16H15BrClNO/c17-12-6-7-13(14(18)8-12)16-10-19-9-15(20-16)11-4-2-1-3-5-11/h1-8,15-16,19H,9-10H2. The summed E-state index contributed by atoms with van der Waals surface area (Å²) in [6.07, 6.45) is 0.0456. The lowest BCUT2D eigenvalue weighted by molar-refractivity contribution is -0.0405. The third-order valence-corrected chi connectivity index (χ3v) is 4.29. The topological polar surface area (TPSA) is 21.3 Å². The van der Waals surface area contributed by atoms with E-state index in [0.717, 1.165) is 28.1 Å². The van der Waals surface area contributed by atoms with Gasteiger partial charge in [-0.15, -0.1) is 0 Å². The smallest absolute Gasteiger partial charge is 0.0972 e. The minimum absolute atomic E-state index is 0.0189. The molecule has 1 heterocycles. The van der Waals surface area contributed by atoms with Gasteiger partial charge in [0.2, 0.25) is 0 Å². The molecule has 0 bridgehead atoms. The summed E-state index contributed by atoms with van der Waals surface area (Å²) in [4.78, 5) is 0. The van der Waals surface area contributed by atoms with E-state index in [4.69, 9.17) is 16.3 Å². The van der Waals surface area contributed by atoms with Gasteiger partial charge in [-0.3, -0.25) is 0 Å². The summed E-state index contributed by atoms with van der Waals surface area (Å²) in [6, 6.07) is 16.2. The molecule has 3 rings (SSSR count). The molecule has 0 aliphatic carbocycles. The van der Waals surface area contributed by atoms with Crippen LogP contribution in [0.5, 0.6) is 0 Å². The van der Waals surface area contributed by atoms with Gasteiger partial charge in [0.05, 0.1) is 12.2 Å². The number of ether oxygens (including phenoxy) is 1. The molecule has 1 aliphatic rings. The first-order valence-electron chi connectivity index (χ1n) is 6.60. The van der Waals surface area contributed by atoms with Gasteiger partial charge >= 0.3 is 0 Å². The number of rotatable bonds is 2. The lowest BCUT2D eigenvalue weighted by Gasteiger charge is -2.32. The molecule has 2 nitrogen and oxygen atoms in total. The summed E-state index contributed by atoms with van der Waals surface area (Å²) in [7, 11) is 0. The molecule has 2 atom stereocenters. The van der Waals surface area contributed by atoms with Crippen LogP contribution in [0.3, 0.4) is 0 Å². The molecule has 2 aromatic carbocycles. The van der Waals surface area contributed by atoms with E-state index >= 15 is 0 Å². The van der Waals surface area contributed by atoms with E-state index in [1.807, 2.05) is 36.4 Å². The Kier molecular flexibility index (Phi) is 4.41. The molecule has 1 N–H and O–H groups in total. The minimum atomic E-state index is -0.0189. The fourth-order valence-electron chi connectivity index (χ4n) is 2.45. The van der Waals surface area contributed by atoms with Gasteiger partial charge in [0.15, 0.2) is 0 Å². The quantitative estimate of drug-likeness (QED) is 0.859. The molecule has 0 aromatic heterocycles. The maximum Gasteiger partial charge on any atom is 0.0972 e. The second-order valence-corrected chi connectivity index (χ2v) is 6.17. The number of halogens is 2. The van der Waals surface area contributed by atoms with E-state index in [0.29, 0.717) is 0 Å². The van der Waals surface area contributed by atoms with Gasteiger partial charge < -0.3 is 10.1 Å². The number of hydrogen-bond acceptors (Lipinski definition) is 2. The van der Waals surface area contributed by atoms with E-state index in [2.05, 4.69) is 33.4 Å². The maximum atomic E-state index is 6.32. The van der Waals surface area contributed by atoms with Gasteiger partial charge in [0, 0.05) is 28.1 Å². The lowest BCUT2D eigenvalue weighted by Crippen LogP contribution is -2.36. The summed E-state index contributed by atoms with van der Waals surface area (Å²) in [5.41, 5.74) is 2.22. The molecule has 20 heavy (non-hydrogen) atoms. The van der Waals surface area contributed by atoms with Crippen LogP contribution in [0.2, 0.25) is 5.02 Å². The van der Waals surface area contributed by atoms with Gasteiger partial charge in [-0.25, -0.2) is 0 Å². The summed E-state index contributed by atoms with van der Waals surface area (Å²) in [5.74, 6) is 0. The second kappa shape index (κ2) is 6.27. The van der Waals surface area contributed by atoms with Crippen LogP contribution in [0, 0.1) is 0 Å². The highest BCUT2D eigenvalue weighted by atomic mass is 79.9. The molecular weight excluding hydrogens is 338 g/mol. The number of morpholine rings is 1. The van der Waals surface area contributed by atoms with Crippen LogP contribution in [0.15, 0.2) is 53.0 Å². The summed E-state index contributed by atoms with van der Waals surface area (Å²) in [6.45, 7) is 1.61. The maximum absolute atomic E-state index is 6.32. The van der Waals surface area contributed by atoms with Crippen molar-refractivity contribution in [3.05, 3.63) is 69.2 Å². The Labute approximate surface area is 132 Å². The molecule has 0 spiro atoms. The zero-order chi connectivity index (χ0) is 13.9. The van der Waals surface area contributed by atoms with E-state index in [1.54, 1.807) is 0 Å². The second-order valence-electron chi connectivity index (χ2n) is 4.85. The molecule has 4 heteroatoms. The van der Waals surface area contributed by atoms with Crippen molar-refractivity contribution < 1.29 is 4.74 Å². The number of hydrogen-bond donors (Lipinski definition) is 1. The van der Waals surface area contributed by atoms with Crippen molar-refractivity contribution in [1.29, 1.82) is 0 Å². The van der Waals surface area contributed by atoms with Gasteiger partial charge in [-0.05, 0) is 17.7 Å². The molecule has 104 valence electrons. The first-order chi connectivity index (χ1) is 9.74. The van der Waals surface area contributed by atoms with Gasteiger partial charge in [0.1, 0.15) is 0 Å². The van der Waals surface area contributed by atoms with Crippen LogP contribution in [0.4, 0.5) is 0 Å². The Morgan fingerprint density at radius 2 is 1.80 bits per heavy atom. The van der Waals surface area contributed by atoms with Gasteiger partial charge in [0.25, 0.3) is 0 Å². The monoisotopic (exact) mass is 351 g/mol. The fraction of sp³-hybridized carbons (Fsp3) is 0.250. The number of benzene rings is 2. The summed E-state index contributed by atoms with van der Waals surface area (Å²) >= 11 is 9.75. The minimum Gasteiger partial charge on any atom is -0.363 e. The third-order valence-electron chi connectivity index (χ3n) is 3.47. The van der Waals surface area contributed by atoms with Crippen molar-refractivity contribution in [2.75, 3.05) is 13.1 Å². The van der Waals surface area contributed by atoms with Gasteiger partial charge in [-0.1, -0.05) is 63.9 Å². The van der Waals surface area contributed by atoms with Crippen molar-refractivity contribution in [2.45, 2.75) is 12.2 Å². The van der Waals surface area contributed by atoms with Crippen molar-refractivity contribution in [3.8, 4) is 0 Å². The molecule has 1 aliphatic heterocycles. The van der Waals surface area contributed by atoms with Crippen molar-refractivity contribution in [1.82, 2.24) is 5.32 Å². The average molecular weight is 353 g/mol. The van der Waals surface area contributed by atoms with Crippen molar-refractivity contribution in [3.63, 3.8) is 0 Å². The Bertz CT molecular complexity index is 590. The predicted octanol–water partition coefficient (Wildman–Crippen LogP) is 4.50. The van der Waals surface area contributed by atoms with Crippen LogP contribution in [-0.4, -0.2) is 13.1 Å². The molecule has 1 saturated heterocycles. The predicted molar refractivity (Wildman–Crippen MR) is 85.0 cm³/mol. The highest BCUT2D eigenvalue weighted by Crippen LogP contribution is 2.34. The SMILES string of the molecule is Clc1cc(Br)ccc1C1CNCC(c2ccccc2)O1. The highest BCUT2D eigenvalue weighted by molar-refractivity contribution is 9.10. The van der Waals surface area contributed by atoms with E-state index in [1.165, 1.54) is 5.56 Å². The van der Waals surface area contributed by atoms with E-state index in [-0.39, 0.29) is 12.2 Å². The van der Waals surface area contributed by atoms with Gasteiger partial charge in [-0.2, -0.15) is 0 Å². The molecule has 2 unspecified atom stereocenters. The van der Waals surface area contributed by atoms with Crippen LogP contribution >= 0.6 is 27.5 Å². The Hall–Kier alpha value is -0.870. The zero-order valence-corrected chi connectivity index (χ0v) is 13.2. The van der Waals surface area contributed by atoms with Crippen molar-refractivity contribution in [2.24, 2.45) is 0 Å². The summed E-state index contributed by atoms with van der Waals surface area (Å²) in [5, 5.41) is 4.16. The first kappa shape index (κ1) is 14.1. The molecule has 0 radical (unpaired) electrons. The lowest BCUT2D eigenvalue weighted by atomic mass is 10.0. The van der Waals surface area contributed by atoms with E-state index in [9.17, 15) is 0 Å². The largest absolute Gasteiger partial charge is 0.363 e. The zero-order valence-electron chi connectivity index (χ0n) is 10.9. The number of nitrogens with one attached hydrogen (secondary N) is 1. The molecule has 2 aromatic rings. The van der Waals surface area contributed by atoms with Crippen LogP contribution < -0.4 is 5.32 Å². The Balaban J connectivity index is 1.81. The fourth-order valence-corrected chi connectivity index (χ4v) is 3.25. The average Bonchev–Trinajstić information content (AvgIpc) is 2.48. The highest BCUT2D eigenvalue weighted by Gasteiger charge is 2.25.